The third kappa shape index (κ3) is 5.94. The van der Waals surface area contributed by atoms with Crippen LogP contribution in [0.15, 0.2) is 0 Å². The lowest BCUT2D eigenvalue weighted by Gasteiger charge is -2.12. The molecule has 6 nitrogen and oxygen atoms in total. The molecule has 0 saturated heterocycles. The highest BCUT2D eigenvalue weighted by molar-refractivity contribution is 7.86. The highest BCUT2D eigenvalue weighted by Crippen LogP contribution is 2.01. The average molecular weight is 213 g/mol. The van der Waals surface area contributed by atoms with Crippen LogP contribution in [0, 0.1) is 0 Å². The summed E-state index contributed by atoms with van der Waals surface area (Å²) < 4.78 is 30.0. The molecule has 0 aliphatic carbocycles. The second-order valence-electron chi connectivity index (χ2n) is 2.58. The van der Waals surface area contributed by atoms with Crippen molar-refractivity contribution in [3.63, 3.8) is 0 Å². The molecule has 13 heavy (non-hydrogen) atoms. The lowest BCUT2D eigenvalue weighted by Crippen LogP contribution is -2.35. The van der Waals surface area contributed by atoms with E-state index in [4.69, 9.17) is 14.8 Å². The minimum absolute atomic E-state index is 0.0166. The van der Waals surface area contributed by atoms with Crippen LogP contribution >= 0.6 is 0 Å². The van der Waals surface area contributed by atoms with Gasteiger partial charge in [0.15, 0.2) is 0 Å². The molecule has 4 N–H and O–H groups in total. The maximum atomic E-state index is 10.7. The van der Waals surface area contributed by atoms with Crippen molar-refractivity contribution in [2.75, 3.05) is 26.3 Å². The third-order valence-electron chi connectivity index (χ3n) is 1.53. The van der Waals surface area contributed by atoms with Crippen molar-refractivity contribution in [1.29, 1.82) is 0 Å². The van der Waals surface area contributed by atoms with Gasteiger partial charge in [-0.2, -0.15) is 8.42 Å². The minimum atomic E-state index is -4.11. The summed E-state index contributed by atoms with van der Waals surface area (Å²) in [4.78, 5) is 0. The monoisotopic (exact) mass is 213 g/mol. The molecule has 0 amide bonds. The maximum absolute atomic E-state index is 10.7. The molecule has 0 aliphatic rings. The molecule has 0 radical (unpaired) electrons. The second-order valence-corrected chi connectivity index (χ2v) is 4.27. The van der Waals surface area contributed by atoms with Crippen molar-refractivity contribution in [2.24, 2.45) is 0 Å². The zero-order valence-electron chi connectivity index (χ0n) is 7.18. The van der Waals surface area contributed by atoms with E-state index in [-0.39, 0.29) is 32.7 Å². The Morgan fingerprint density at radius 1 is 1.23 bits per heavy atom. The van der Waals surface area contributed by atoms with E-state index < -0.39 is 15.4 Å². The standard InChI is InChI=1S/C6H15NO5S/c8-3-1-6(13(10,11)12)5-7-2-4-9/h6-9H,1-5H2,(H,10,11,12). The average Bonchev–Trinajstić information content (AvgIpc) is 2.01. The van der Waals surface area contributed by atoms with Crippen molar-refractivity contribution in [2.45, 2.75) is 11.7 Å². The summed E-state index contributed by atoms with van der Waals surface area (Å²) in [6.45, 7) is -0.111. The summed E-state index contributed by atoms with van der Waals surface area (Å²) in [7, 11) is -4.11. The number of hydrogen-bond acceptors (Lipinski definition) is 5. The van der Waals surface area contributed by atoms with Gasteiger partial charge in [0.1, 0.15) is 5.25 Å². The Kier molecular flexibility index (Phi) is 6.17. The van der Waals surface area contributed by atoms with Crippen LogP contribution in [0.25, 0.3) is 0 Å². The van der Waals surface area contributed by atoms with E-state index in [1.165, 1.54) is 0 Å². The number of rotatable bonds is 7. The van der Waals surface area contributed by atoms with Crippen molar-refractivity contribution in [3.8, 4) is 0 Å². The molecule has 0 bridgehead atoms. The van der Waals surface area contributed by atoms with Crippen LogP contribution in [0.3, 0.4) is 0 Å². The number of nitrogens with one attached hydrogen (secondary N) is 1. The van der Waals surface area contributed by atoms with Crippen LogP contribution in [-0.4, -0.2) is 54.7 Å². The van der Waals surface area contributed by atoms with Crippen LogP contribution in [0.5, 0.6) is 0 Å². The van der Waals surface area contributed by atoms with Gasteiger partial charge < -0.3 is 15.5 Å². The van der Waals surface area contributed by atoms with Crippen molar-refractivity contribution in [1.82, 2.24) is 5.32 Å². The summed E-state index contributed by atoms with van der Waals surface area (Å²) in [6, 6.07) is 0. The lowest BCUT2D eigenvalue weighted by atomic mass is 10.3. The van der Waals surface area contributed by atoms with E-state index in [2.05, 4.69) is 5.32 Å². The van der Waals surface area contributed by atoms with Gasteiger partial charge >= 0.3 is 0 Å². The number of aliphatic hydroxyl groups is 2. The first-order valence-corrected chi connectivity index (χ1v) is 5.41. The molecule has 7 heteroatoms. The van der Waals surface area contributed by atoms with Gasteiger partial charge in [-0.1, -0.05) is 0 Å². The number of aliphatic hydroxyl groups excluding tert-OH is 2. The van der Waals surface area contributed by atoms with Crippen LogP contribution in [0.1, 0.15) is 6.42 Å². The summed E-state index contributed by atoms with van der Waals surface area (Å²) in [6.07, 6.45) is -0.0166. The van der Waals surface area contributed by atoms with Gasteiger partial charge in [-0.05, 0) is 6.42 Å². The Morgan fingerprint density at radius 3 is 2.23 bits per heavy atom. The topological polar surface area (TPSA) is 107 Å². The van der Waals surface area contributed by atoms with Gasteiger partial charge in [0.2, 0.25) is 0 Å². The van der Waals surface area contributed by atoms with Gasteiger partial charge in [0.05, 0.1) is 6.61 Å². The molecular weight excluding hydrogens is 198 g/mol. The fourth-order valence-corrected chi connectivity index (χ4v) is 1.57. The van der Waals surface area contributed by atoms with Crippen molar-refractivity contribution in [3.05, 3.63) is 0 Å². The largest absolute Gasteiger partial charge is 0.396 e. The first-order chi connectivity index (χ1) is 6.02. The summed E-state index contributed by atoms with van der Waals surface area (Å²) >= 11 is 0. The molecule has 0 aromatic heterocycles. The molecule has 0 aromatic rings. The predicted octanol–water partition coefficient (Wildman–Crippen LogP) is -1.79. The Hall–Kier alpha value is -0.210. The van der Waals surface area contributed by atoms with Crippen LogP contribution in [0.2, 0.25) is 0 Å². The first-order valence-electron chi connectivity index (χ1n) is 3.91. The van der Waals surface area contributed by atoms with E-state index in [9.17, 15) is 8.42 Å². The molecular formula is C6H15NO5S. The van der Waals surface area contributed by atoms with Crippen LogP contribution in [0.4, 0.5) is 0 Å². The van der Waals surface area contributed by atoms with E-state index in [0.717, 1.165) is 0 Å². The molecule has 0 heterocycles. The summed E-state index contributed by atoms with van der Waals surface area (Å²) in [5.74, 6) is 0. The third-order valence-corrected chi connectivity index (χ3v) is 2.78. The zero-order valence-corrected chi connectivity index (χ0v) is 8.00. The normalized spacial score (nSPS) is 14.4. The quantitative estimate of drug-likeness (QED) is 0.294. The first kappa shape index (κ1) is 12.8. The molecule has 1 atom stereocenters. The maximum Gasteiger partial charge on any atom is 0.269 e. The van der Waals surface area contributed by atoms with Gasteiger partial charge in [0, 0.05) is 19.7 Å². The van der Waals surface area contributed by atoms with E-state index in [1.54, 1.807) is 0 Å². The smallest absolute Gasteiger partial charge is 0.269 e. The second kappa shape index (κ2) is 6.28. The van der Waals surface area contributed by atoms with Crippen LogP contribution < -0.4 is 5.32 Å². The van der Waals surface area contributed by atoms with Crippen LogP contribution in [-0.2, 0) is 10.1 Å². The highest BCUT2D eigenvalue weighted by atomic mass is 32.2. The van der Waals surface area contributed by atoms with Crippen molar-refractivity contribution >= 4 is 10.1 Å². The van der Waals surface area contributed by atoms with Gasteiger partial charge in [-0.15, -0.1) is 0 Å². The molecule has 1 unspecified atom stereocenters. The minimum Gasteiger partial charge on any atom is -0.396 e. The molecule has 0 saturated carbocycles. The molecule has 0 spiro atoms. The SMILES string of the molecule is O=S(=O)(O)C(CCO)CNCCO. The molecule has 0 aromatic carbocycles. The van der Waals surface area contributed by atoms with Gasteiger partial charge in [-0.3, -0.25) is 4.55 Å². The fraction of sp³-hybridized carbons (Fsp3) is 1.00. The Balaban J connectivity index is 3.96. The van der Waals surface area contributed by atoms with Gasteiger partial charge in [-0.25, -0.2) is 0 Å². The lowest BCUT2D eigenvalue weighted by molar-refractivity contribution is 0.274. The summed E-state index contributed by atoms with van der Waals surface area (Å²) in [5.41, 5.74) is 0. The molecule has 0 aliphatic heterocycles. The van der Waals surface area contributed by atoms with E-state index >= 15 is 0 Å². The van der Waals surface area contributed by atoms with E-state index in [1.807, 2.05) is 0 Å². The van der Waals surface area contributed by atoms with E-state index in [0.29, 0.717) is 0 Å². The fourth-order valence-electron chi connectivity index (χ4n) is 0.842. The number of hydrogen-bond donors (Lipinski definition) is 4. The zero-order chi connectivity index (χ0) is 10.3. The van der Waals surface area contributed by atoms with Crippen molar-refractivity contribution < 1.29 is 23.2 Å². The Labute approximate surface area is 77.3 Å². The Bertz CT molecular complexity index is 215. The predicted molar refractivity (Wildman–Crippen MR) is 47.0 cm³/mol. The molecule has 80 valence electrons. The van der Waals surface area contributed by atoms with Gasteiger partial charge in [0.25, 0.3) is 10.1 Å². The Morgan fingerprint density at radius 2 is 1.85 bits per heavy atom. The summed E-state index contributed by atoms with van der Waals surface area (Å²) in [5, 5.41) is 18.5. The molecule has 0 rings (SSSR count). The molecule has 0 fully saturated rings. The highest BCUT2D eigenvalue weighted by Gasteiger charge is 2.21.